The number of amides is 1. The molecule has 2 atom stereocenters. The molecule has 12 heteroatoms. The summed E-state index contributed by atoms with van der Waals surface area (Å²) in [6.45, 7) is 5.24. The van der Waals surface area contributed by atoms with E-state index in [1.165, 1.54) is 36.2 Å². The number of aromatic nitrogens is 4. The number of piperazine rings is 1. The van der Waals surface area contributed by atoms with Gasteiger partial charge in [0.05, 0.1) is 23.9 Å². The Morgan fingerprint density at radius 1 is 1.07 bits per heavy atom. The van der Waals surface area contributed by atoms with Gasteiger partial charge >= 0.3 is 0 Å². The highest BCUT2D eigenvalue weighted by Crippen LogP contribution is 2.48. The molecule has 3 saturated heterocycles. The average Bonchev–Trinajstić information content (AvgIpc) is 3.60. The van der Waals surface area contributed by atoms with Crippen LogP contribution in [0.2, 0.25) is 0 Å². The van der Waals surface area contributed by atoms with Gasteiger partial charge in [-0.25, -0.2) is 28.1 Å². The van der Waals surface area contributed by atoms with Crippen molar-refractivity contribution in [3.8, 4) is 22.0 Å². The molecule has 2 unspecified atom stereocenters. The van der Waals surface area contributed by atoms with Crippen LogP contribution in [0, 0.1) is 5.82 Å². The average molecular weight is 580 g/mol. The number of carbonyl (C=O) groups is 1. The van der Waals surface area contributed by atoms with Crippen LogP contribution >= 0.6 is 11.3 Å². The minimum absolute atomic E-state index is 0.184. The molecule has 8 rings (SSSR count). The minimum atomic E-state index is -2.72. The van der Waals surface area contributed by atoms with Crippen LogP contribution in [0.4, 0.5) is 24.7 Å². The van der Waals surface area contributed by atoms with Crippen molar-refractivity contribution in [1.29, 1.82) is 0 Å². The summed E-state index contributed by atoms with van der Waals surface area (Å²) in [5.74, 6) is -3.11. The lowest BCUT2D eigenvalue weighted by atomic mass is 9.87. The third kappa shape index (κ3) is 4.78. The van der Waals surface area contributed by atoms with Crippen molar-refractivity contribution in [3.63, 3.8) is 0 Å². The van der Waals surface area contributed by atoms with Crippen LogP contribution in [-0.4, -0.2) is 68.0 Å². The molecule has 0 radical (unpaired) electrons. The van der Waals surface area contributed by atoms with Gasteiger partial charge in [-0.15, -0.1) is 11.3 Å². The Hall–Kier alpha value is -3.77. The second kappa shape index (κ2) is 9.95. The number of benzene rings is 1. The Bertz CT molecular complexity index is 1570. The van der Waals surface area contributed by atoms with Crippen molar-refractivity contribution in [2.45, 2.75) is 50.2 Å². The first-order valence-electron chi connectivity index (χ1n) is 13.7. The normalized spacial score (nSPS) is 21.8. The molecule has 1 amide bonds. The minimum Gasteiger partial charge on any atom is -0.367 e. The predicted molar refractivity (Wildman–Crippen MR) is 151 cm³/mol. The van der Waals surface area contributed by atoms with E-state index < -0.39 is 17.9 Å². The fourth-order valence-corrected chi connectivity index (χ4v) is 7.07. The van der Waals surface area contributed by atoms with Crippen molar-refractivity contribution in [2.24, 2.45) is 0 Å². The summed E-state index contributed by atoms with van der Waals surface area (Å²) >= 11 is 1.23. The van der Waals surface area contributed by atoms with Crippen LogP contribution in [0.1, 0.15) is 42.7 Å². The van der Waals surface area contributed by atoms with Gasteiger partial charge in [-0.2, -0.15) is 0 Å². The van der Waals surface area contributed by atoms with E-state index >= 15 is 0 Å². The third-order valence-electron chi connectivity index (χ3n) is 8.38. The number of thiazole rings is 1. The summed E-state index contributed by atoms with van der Waals surface area (Å²) < 4.78 is 42.7. The second-order valence-corrected chi connectivity index (χ2v) is 11.8. The van der Waals surface area contributed by atoms with Gasteiger partial charge in [0.15, 0.2) is 0 Å². The maximum absolute atomic E-state index is 13.7. The number of imidazole rings is 1. The first-order chi connectivity index (χ1) is 19.8. The summed E-state index contributed by atoms with van der Waals surface area (Å²) in [6.07, 6.45) is 3.96. The van der Waals surface area contributed by atoms with E-state index in [0.29, 0.717) is 39.9 Å². The molecular weight excluding hydrogens is 551 g/mol. The Kier molecular flexibility index (Phi) is 6.35. The van der Waals surface area contributed by atoms with E-state index in [9.17, 15) is 18.0 Å². The molecule has 3 aliphatic heterocycles. The Morgan fingerprint density at radius 3 is 2.49 bits per heavy atom. The van der Waals surface area contributed by atoms with Crippen LogP contribution in [0.3, 0.4) is 0 Å². The van der Waals surface area contributed by atoms with E-state index in [1.807, 2.05) is 6.07 Å². The Labute approximate surface area is 238 Å². The summed E-state index contributed by atoms with van der Waals surface area (Å²) in [4.78, 5) is 31.4. The van der Waals surface area contributed by atoms with Crippen LogP contribution in [0.15, 0.2) is 54.3 Å². The molecule has 4 aliphatic rings. The lowest BCUT2D eigenvalue weighted by Crippen LogP contribution is -2.68. The van der Waals surface area contributed by atoms with Crippen LogP contribution < -0.4 is 10.2 Å². The monoisotopic (exact) mass is 579 g/mol. The number of anilines is 2. The molecule has 0 spiro atoms. The number of likely N-dealkylation sites (N-methyl/N-ethyl adjacent to an activating group) is 1. The summed E-state index contributed by atoms with van der Waals surface area (Å²) in [5, 5.41) is 4.90. The van der Waals surface area contributed by atoms with E-state index in [2.05, 4.69) is 37.0 Å². The van der Waals surface area contributed by atoms with Crippen molar-refractivity contribution in [3.05, 3.63) is 65.8 Å². The van der Waals surface area contributed by atoms with E-state index in [-0.39, 0.29) is 24.4 Å². The first kappa shape index (κ1) is 26.1. The molecule has 1 aliphatic carbocycles. The molecule has 8 nitrogen and oxygen atoms in total. The maximum Gasteiger partial charge on any atom is 0.276 e. The fourth-order valence-electron chi connectivity index (χ4n) is 6.22. The molecule has 6 heterocycles. The maximum atomic E-state index is 13.7. The number of hydrogen-bond donors (Lipinski definition) is 1. The van der Waals surface area contributed by atoms with Crippen molar-refractivity contribution < 1.29 is 18.0 Å². The Morgan fingerprint density at radius 2 is 1.83 bits per heavy atom. The van der Waals surface area contributed by atoms with E-state index in [4.69, 9.17) is 0 Å². The molecule has 1 aromatic carbocycles. The molecule has 41 heavy (non-hydrogen) atoms. The van der Waals surface area contributed by atoms with Gasteiger partial charge in [-0.3, -0.25) is 9.69 Å². The van der Waals surface area contributed by atoms with Crippen molar-refractivity contribution in [1.82, 2.24) is 24.4 Å². The van der Waals surface area contributed by atoms with Gasteiger partial charge in [0.2, 0.25) is 0 Å². The highest BCUT2D eigenvalue weighted by molar-refractivity contribution is 7.13. The number of fused-ring (bicyclic) bond motifs is 2. The number of nitrogens with one attached hydrogen (secondary N) is 1. The molecular formula is C29H28F3N7OS. The van der Waals surface area contributed by atoms with Gasteiger partial charge < -0.3 is 14.8 Å². The lowest BCUT2D eigenvalue weighted by molar-refractivity contribution is -0.103. The summed E-state index contributed by atoms with van der Waals surface area (Å²) in [5.41, 5.74) is 2.88. The van der Waals surface area contributed by atoms with Crippen LogP contribution in [0.25, 0.3) is 22.0 Å². The quantitative estimate of drug-likeness (QED) is 0.302. The molecule has 4 fully saturated rings. The highest BCUT2D eigenvalue weighted by atomic mass is 32.1. The number of rotatable bonds is 7. The molecule has 2 bridgehead atoms. The highest BCUT2D eigenvalue weighted by Gasteiger charge is 2.47. The number of pyridine rings is 1. The number of piperidine rings is 1. The topological polar surface area (TPSA) is 79.2 Å². The van der Waals surface area contributed by atoms with Gasteiger partial charge in [-0.1, -0.05) is 6.92 Å². The molecule has 3 aromatic heterocycles. The van der Waals surface area contributed by atoms with Gasteiger partial charge in [0, 0.05) is 55.0 Å². The third-order valence-corrected chi connectivity index (χ3v) is 9.23. The van der Waals surface area contributed by atoms with Crippen molar-refractivity contribution in [2.75, 3.05) is 29.9 Å². The number of nitrogens with zero attached hydrogens (tertiary/aromatic N) is 6. The molecule has 1 N–H and O–H groups in total. The van der Waals surface area contributed by atoms with Gasteiger partial charge in [0.1, 0.15) is 28.0 Å². The number of carbonyl (C=O) groups excluding carboxylic acids is 1. The SMILES string of the molecule is CCN1C2CC1CN(c1ccc(NC(=O)c3csc(-c4c(-c5ccc(F)cc5)ncn4C4CC(F)(F)C4)n3)nc1)C2. The zero-order chi connectivity index (χ0) is 28.3. The van der Waals surface area contributed by atoms with Crippen molar-refractivity contribution >= 4 is 28.7 Å². The van der Waals surface area contributed by atoms with Crippen LogP contribution in [-0.2, 0) is 0 Å². The smallest absolute Gasteiger partial charge is 0.276 e. The zero-order valence-corrected chi connectivity index (χ0v) is 23.1. The predicted octanol–water partition coefficient (Wildman–Crippen LogP) is 5.71. The molecule has 4 aromatic rings. The van der Waals surface area contributed by atoms with Gasteiger partial charge in [0.25, 0.3) is 11.8 Å². The second-order valence-electron chi connectivity index (χ2n) is 10.9. The standard InChI is InChI=1S/C29H28F3N7OS/c1-2-38-20-9-21(38)14-37(13-20)19-7-8-24(33-12-19)36-27(40)23-15-41-28(35-23)26-25(17-3-5-18(30)6-4-17)34-16-39(26)22-10-29(31,32)11-22/h3-8,12,15-16,20-22H,2,9-11,13-14H2,1H3,(H,33,36,40). The fraction of sp³-hybridized carbons (Fsp3) is 0.379. The van der Waals surface area contributed by atoms with E-state index in [1.54, 1.807) is 34.3 Å². The van der Waals surface area contributed by atoms with Gasteiger partial charge in [-0.05, 0) is 49.4 Å². The van der Waals surface area contributed by atoms with Crippen LogP contribution in [0.5, 0.6) is 0 Å². The lowest BCUT2D eigenvalue weighted by Gasteiger charge is -2.56. The zero-order valence-electron chi connectivity index (χ0n) is 22.3. The van der Waals surface area contributed by atoms with E-state index in [0.717, 1.165) is 25.3 Å². The number of hydrogen-bond acceptors (Lipinski definition) is 7. The Balaban J connectivity index is 1.09. The summed E-state index contributed by atoms with van der Waals surface area (Å²) in [6, 6.07) is 10.3. The summed E-state index contributed by atoms with van der Waals surface area (Å²) in [7, 11) is 0. The first-order valence-corrected chi connectivity index (χ1v) is 14.6. The molecule has 1 saturated carbocycles. The molecule has 212 valence electrons. The number of halogens is 3. The number of alkyl halides is 2. The largest absolute Gasteiger partial charge is 0.367 e.